The molecule has 1 fully saturated rings. The van der Waals surface area contributed by atoms with Gasteiger partial charge in [0, 0.05) is 18.1 Å². The molecule has 0 aliphatic carbocycles. The van der Waals surface area contributed by atoms with E-state index < -0.39 is 0 Å². The average Bonchev–Trinajstić information content (AvgIpc) is 2.88. The van der Waals surface area contributed by atoms with Crippen molar-refractivity contribution in [1.82, 2.24) is 4.57 Å². The van der Waals surface area contributed by atoms with Crippen LogP contribution in [0.3, 0.4) is 0 Å². The molecule has 1 saturated heterocycles. The lowest BCUT2D eigenvalue weighted by atomic mass is 10.2. The molecular weight excluding hydrogens is 212 g/mol. The van der Waals surface area contributed by atoms with E-state index in [0.29, 0.717) is 12.2 Å². The summed E-state index contributed by atoms with van der Waals surface area (Å²) in [5, 5.41) is 1.20. The van der Waals surface area contributed by atoms with Gasteiger partial charge in [-0.25, -0.2) is 0 Å². The van der Waals surface area contributed by atoms with E-state index in [9.17, 15) is 0 Å². The van der Waals surface area contributed by atoms with E-state index in [1.165, 1.54) is 11.8 Å². The number of fused-ring (bicyclic) bond motifs is 1. The Morgan fingerprint density at radius 1 is 1.35 bits per heavy atom. The van der Waals surface area contributed by atoms with Crippen molar-refractivity contribution in [1.29, 1.82) is 0 Å². The smallest absolute Gasteiger partial charge is 0.0758 e. The Balaban J connectivity index is 1.90. The van der Waals surface area contributed by atoms with Gasteiger partial charge in [-0.1, -0.05) is 12.1 Å². The van der Waals surface area contributed by atoms with Crippen LogP contribution >= 0.6 is 0 Å². The van der Waals surface area contributed by atoms with Gasteiger partial charge in [-0.05, 0) is 31.9 Å². The van der Waals surface area contributed by atoms with E-state index in [2.05, 4.69) is 29.8 Å². The van der Waals surface area contributed by atoms with Gasteiger partial charge in [0.25, 0.3) is 0 Å². The fourth-order valence-electron chi connectivity index (χ4n) is 2.68. The molecule has 2 aromatic rings. The third kappa shape index (κ3) is 1.91. The van der Waals surface area contributed by atoms with E-state index in [0.717, 1.165) is 24.2 Å². The van der Waals surface area contributed by atoms with Gasteiger partial charge in [0.1, 0.15) is 0 Å². The molecule has 1 aliphatic rings. The molecule has 3 heteroatoms. The quantitative estimate of drug-likeness (QED) is 0.806. The molecule has 0 radical (unpaired) electrons. The minimum atomic E-state index is 0.334. The maximum absolute atomic E-state index is 6.04. The molecule has 90 valence electrons. The lowest BCUT2D eigenvalue weighted by molar-refractivity contribution is 0.0465. The highest BCUT2D eigenvalue weighted by Gasteiger charge is 2.22. The Labute approximate surface area is 101 Å². The third-order valence-electron chi connectivity index (χ3n) is 3.54. The van der Waals surface area contributed by atoms with Crippen LogP contribution < -0.4 is 5.73 Å². The number of aromatic nitrogens is 1. The molecule has 1 aromatic heterocycles. The predicted octanol–water partition coefficient (Wildman–Crippen LogP) is 2.79. The first-order chi connectivity index (χ1) is 8.24. The number of ether oxygens (including phenoxy) is 1. The Morgan fingerprint density at radius 2 is 2.24 bits per heavy atom. The summed E-state index contributed by atoms with van der Waals surface area (Å²) in [5.41, 5.74) is 8.02. The van der Waals surface area contributed by atoms with Gasteiger partial charge in [-0.3, -0.25) is 0 Å². The second-order valence-electron chi connectivity index (χ2n) is 4.90. The van der Waals surface area contributed by atoms with E-state index in [1.807, 2.05) is 12.1 Å². The summed E-state index contributed by atoms with van der Waals surface area (Å²) in [6.07, 6.45) is 5.15. The number of nitrogens with two attached hydrogens (primary N) is 1. The van der Waals surface area contributed by atoms with Gasteiger partial charge in [-0.15, -0.1) is 0 Å². The molecule has 3 rings (SSSR count). The zero-order valence-electron chi connectivity index (χ0n) is 10.1. The Kier molecular flexibility index (Phi) is 2.56. The number of nitrogens with zero attached hydrogens (tertiary/aromatic N) is 1. The largest absolute Gasteiger partial charge is 0.397 e. The Hall–Kier alpha value is -1.48. The topological polar surface area (TPSA) is 40.2 Å². The highest BCUT2D eigenvalue weighted by molar-refractivity contribution is 5.90. The van der Waals surface area contributed by atoms with Gasteiger partial charge in [0.2, 0.25) is 0 Å². The van der Waals surface area contributed by atoms with Crippen LogP contribution in [0, 0.1) is 0 Å². The SMILES string of the molecule is CC1CCC(Cn2ccc3cccc(N)c32)O1. The van der Waals surface area contributed by atoms with Crippen LogP contribution in [0.2, 0.25) is 0 Å². The zero-order chi connectivity index (χ0) is 11.8. The molecule has 3 nitrogen and oxygen atoms in total. The number of anilines is 1. The summed E-state index contributed by atoms with van der Waals surface area (Å²) in [4.78, 5) is 0. The summed E-state index contributed by atoms with van der Waals surface area (Å²) in [7, 11) is 0. The highest BCUT2D eigenvalue weighted by atomic mass is 16.5. The van der Waals surface area contributed by atoms with Crippen LogP contribution in [-0.4, -0.2) is 16.8 Å². The maximum Gasteiger partial charge on any atom is 0.0758 e. The molecule has 1 aliphatic heterocycles. The fraction of sp³-hybridized carbons (Fsp3) is 0.429. The molecule has 0 saturated carbocycles. The van der Waals surface area contributed by atoms with Crippen LogP contribution in [0.4, 0.5) is 5.69 Å². The van der Waals surface area contributed by atoms with Crippen LogP contribution in [0.25, 0.3) is 10.9 Å². The summed E-state index contributed by atoms with van der Waals surface area (Å²) < 4.78 is 8.08. The monoisotopic (exact) mass is 230 g/mol. The van der Waals surface area contributed by atoms with Crippen molar-refractivity contribution >= 4 is 16.6 Å². The molecule has 2 atom stereocenters. The number of hydrogen-bond donors (Lipinski definition) is 1. The zero-order valence-corrected chi connectivity index (χ0v) is 10.1. The van der Waals surface area contributed by atoms with E-state index in [1.54, 1.807) is 0 Å². The van der Waals surface area contributed by atoms with Gasteiger partial charge >= 0.3 is 0 Å². The number of rotatable bonds is 2. The summed E-state index contributed by atoms with van der Waals surface area (Å²) in [6, 6.07) is 8.16. The van der Waals surface area contributed by atoms with E-state index >= 15 is 0 Å². The first-order valence-corrected chi connectivity index (χ1v) is 6.23. The number of benzene rings is 1. The lowest BCUT2D eigenvalue weighted by Crippen LogP contribution is -2.16. The van der Waals surface area contributed by atoms with E-state index in [-0.39, 0.29) is 0 Å². The normalized spacial score (nSPS) is 24.5. The molecule has 2 heterocycles. The first kappa shape index (κ1) is 10.7. The number of hydrogen-bond acceptors (Lipinski definition) is 2. The minimum absolute atomic E-state index is 0.334. The van der Waals surface area contributed by atoms with Crippen molar-refractivity contribution in [2.45, 2.75) is 38.5 Å². The van der Waals surface area contributed by atoms with Gasteiger partial charge < -0.3 is 15.0 Å². The second-order valence-corrected chi connectivity index (χ2v) is 4.90. The van der Waals surface area contributed by atoms with Crippen LogP contribution in [0.1, 0.15) is 19.8 Å². The van der Waals surface area contributed by atoms with Crippen molar-refractivity contribution in [2.75, 3.05) is 5.73 Å². The maximum atomic E-state index is 6.04. The fourth-order valence-corrected chi connectivity index (χ4v) is 2.68. The van der Waals surface area contributed by atoms with Crippen molar-refractivity contribution < 1.29 is 4.74 Å². The second kappa shape index (κ2) is 4.08. The molecule has 2 N–H and O–H groups in total. The van der Waals surface area contributed by atoms with Crippen molar-refractivity contribution in [2.24, 2.45) is 0 Å². The predicted molar refractivity (Wildman–Crippen MR) is 69.9 cm³/mol. The molecule has 0 amide bonds. The van der Waals surface area contributed by atoms with Crippen LogP contribution in [-0.2, 0) is 11.3 Å². The summed E-state index contributed by atoms with van der Waals surface area (Å²) >= 11 is 0. The standard InChI is InChI=1S/C14H18N2O/c1-10-5-6-12(17-10)9-16-8-7-11-3-2-4-13(15)14(11)16/h2-4,7-8,10,12H,5-6,9,15H2,1H3. The number of para-hydroxylation sites is 1. The Bertz CT molecular complexity index is 532. The molecule has 0 bridgehead atoms. The third-order valence-corrected chi connectivity index (χ3v) is 3.54. The summed E-state index contributed by atoms with van der Waals surface area (Å²) in [5.74, 6) is 0. The molecule has 17 heavy (non-hydrogen) atoms. The van der Waals surface area contributed by atoms with Crippen LogP contribution in [0.15, 0.2) is 30.5 Å². The van der Waals surface area contributed by atoms with Gasteiger partial charge in [0.05, 0.1) is 23.4 Å². The van der Waals surface area contributed by atoms with Gasteiger partial charge in [0.15, 0.2) is 0 Å². The average molecular weight is 230 g/mol. The molecule has 1 aromatic carbocycles. The van der Waals surface area contributed by atoms with Gasteiger partial charge in [-0.2, -0.15) is 0 Å². The van der Waals surface area contributed by atoms with Crippen LogP contribution in [0.5, 0.6) is 0 Å². The molecule has 0 spiro atoms. The minimum Gasteiger partial charge on any atom is -0.397 e. The summed E-state index contributed by atoms with van der Waals surface area (Å²) in [6.45, 7) is 3.05. The molecular formula is C14H18N2O. The first-order valence-electron chi connectivity index (χ1n) is 6.23. The van der Waals surface area contributed by atoms with Crippen molar-refractivity contribution in [3.63, 3.8) is 0 Å². The highest BCUT2D eigenvalue weighted by Crippen LogP contribution is 2.25. The lowest BCUT2D eigenvalue weighted by Gasteiger charge is -2.13. The number of nitrogen functional groups attached to an aromatic ring is 1. The molecule has 2 unspecified atom stereocenters. The Morgan fingerprint density at radius 3 is 3.00 bits per heavy atom. The van der Waals surface area contributed by atoms with Crippen molar-refractivity contribution in [3.8, 4) is 0 Å². The van der Waals surface area contributed by atoms with Crippen molar-refractivity contribution in [3.05, 3.63) is 30.5 Å². The van der Waals surface area contributed by atoms with E-state index in [4.69, 9.17) is 10.5 Å².